The van der Waals surface area contributed by atoms with E-state index in [1.54, 1.807) is 5.57 Å². The van der Waals surface area contributed by atoms with E-state index in [0.29, 0.717) is 0 Å². The third-order valence-electron chi connectivity index (χ3n) is 4.19. The summed E-state index contributed by atoms with van der Waals surface area (Å²) in [6, 6.07) is 0. The van der Waals surface area contributed by atoms with Crippen molar-refractivity contribution in [2.45, 2.75) is 86.5 Å². The van der Waals surface area contributed by atoms with Crippen molar-refractivity contribution in [3.63, 3.8) is 0 Å². The van der Waals surface area contributed by atoms with Gasteiger partial charge < -0.3 is 0 Å². The van der Waals surface area contributed by atoms with Gasteiger partial charge in [-0.3, -0.25) is 4.70 Å². The maximum absolute atomic E-state index is 3.00. The van der Waals surface area contributed by atoms with E-state index in [0.717, 1.165) is 17.8 Å². The molecule has 1 aliphatic carbocycles. The SMILES string of the molecule is C=C.CC1CCCCC1.CCC(C)/C(C)=C/CC(C)C.F. The predicted octanol–water partition coefficient (Wildman–Crippen LogP) is 7.57. The van der Waals surface area contributed by atoms with E-state index in [4.69, 9.17) is 0 Å². The van der Waals surface area contributed by atoms with Crippen molar-refractivity contribution >= 4 is 0 Å². The molecule has 1 aliphatic rings. The first-order chi connectivity index (χ1) is 9.47. The van der Waals surface area contributed by atoms with Crippen LogP contribution in [-0.2, 0) is 0 Å². The van der Waals surface area contributed by atoms with Crippen molar-refractivity contribution in [2.75, 3.05) is 0 Å². The second-order valence-corrected chi connectivity index (χ2v) is 6.63. The summed E-state index contributed by atoms with van der Waals surface area (Å²) in [5.41, 5.74) is 1.56. The first kappa shape index (κ1) is 25.4. The van der Waals surface area contributed by atoms with E-state index >= 15 is 0 Å². The van der Waals surface area contributed by atoms with Crippen molar-refractivity contribution in [3.05, 3.63) is 24.8 Å². The van der Waals surface area contributed by atoms with Gasteiger partial charge in [-0.05, 0) is 37.5 Å². The van der Waals surface area contributed by atoms with Crippen molar-refractivity contribution in [2.24, 2.45) is 17.8 Å². The summed E-state index contributed by atoms with van der Waals surface area (Å²) in [4.78, 5) is 0. The second-order valence-electron chi connectivity index (χ2n) is 6.63. The van der Waals surface area contributed by atoms with Gasteiger partial charge in [-0.1, -0.05) is 78.4 Å². The van der Waals surface area contributed by atoms with Gasteiger partial charge in [-0.2, -0.15) is 0 Å². The molecule has 0 aromatic rings. The molecule has 1 unspecified atom stereocenters. The molecule has 1 heteroatoms. The monoisotopic (exact) mass is 300 g/mol. The highest BCUT2D eigenvalue weighted by molar-refractivity contribution is 5.01. The molecule has 1 rings (SSSR count). The molecule has 0 amide bonds. The van der Waals surface area contributed by atoms with Crippen molar-refractivity contribution < 1.29 is 4.70 Å². The minimum atomic E-state index is 0. The van der Waals surface area contributed by atoms with Crippen LogP contribution in [0.4, 0.5) is 4.70 Å². The highest BCUT2D eigenvalue weighted by Crippen LogP contribution is 2.22. The summed E-state index contributed by atoms with van der Waals surface area (Å²) in [6.45, 7) is 19.7. The zero-order valence-corrected chi connectivity index (χ0v) is 15.6. The van der Waals surface area contributed by atoms with Gasteiger partial charge in [0.15, 0.2) is 0 Å². The summed E-state index contributed by atoms with van der Waals surface area (Å²) in [5, 5.41) is 0. The maximum atomic E-state index is 3.00. The molecule has 1 saturated carbocycles. The number of hydrogen-bond acceptors (Lipinski definition) is 0. The van der Waals surface area contributed by atoms with Crippen LogP contribution in [0.5, 0.6) is 0 Å². The average Bonchev–Trinajstić information content (AvgIpc) is 2.47. The number of rotatable bonds is 4. The van der Waals surface area contributed by atoms with Gasteiger partial charge >= 0.3 is 0 Å². The van der Waals surface area contributed by atoms with Crippen LogP contribution in [0, 0.1) is 17.8 Å². The van der Waals surface area contributed by atoms with Crippen LogP contribution in [0.15, 0.2) is 24.8 Å². The van der Waals surface area contributed by atoms with Gasteiger partial charge in [0.2, 0.25) is 0 Å². The second kappa shape index (κ2) is 17.5. The Kier molecular flexibility index (Phi) is 21.1. The van der Waals surface area contributed by atoms with Gasteiger partial charge in [-0.15, -0.1) is 13.2 Å². The smallest absolute Gasteiger partial charge is 0.0237 e. The fraction of sp³-hybridized carbons (Fsp3) is 0.800. The number of allylic oxidation sites excluding steroid dienone is 2. The molecule has 0 bridgehead atoms. The lowest BCUT2D eigenvalue weighted by Gasteiger charge is -2.15. The largest absolute Gasteiger partial charge is 0.269 e. The molecular formula is C20H41F. The van der Waals surface area contributed by atoms with Crippen LogP contribution in [0.1, 0.15) is 86.5 Å². The Morgan fingerprint density at radius 3 is 1.86 bits per heavy atom. The fourth-order valence-corrected chi connectivity index (χ4v) is 2.25. The molecule has 1 atom stereocenters. The molecule has 0 spiro atoms. The predicted molar refractivity (Wildman–Crippen MR) is 98.7 cm³/mol. The lowest BCUT2D eigenvalue weighted by atomic mass is 9.91. The summed E-state index contributed by atoms with van der Waals surface area (Å²) in [7, 11) is 0. The fourth-order valence-electron chi connectivity index (χ4n) is 2.25. The number of hydrogen-bond donors (Lipinski definition) is 0. The zero-order valence-electron chi connectivity index (χ0n) is 15.6. The Morgan fingerprint density at radius 2 is 1.57 bits per heavy atom. The van der Waals surface area contributed by atoms with Crippen LogP contribution in [0.25, 0.3) is 0 Å². The lowest BCUT2D eigenvalue weighted by Crippen LogP contribution is -1.99. The summed E-state index contributed by atoms with van der Waals surface area (Å²) < 4.78 is 0. The van der Waals surface area contributed by atoms with Crippen molar-refractivity contribution in [3.8, 4) is 0 Å². The van der Waals surface area contributed by atoms with E-state index in [1.807, 2.05) is 0 Å². The normalized spacial score (nSPS) is 16.8. The van der Waals surface area contributed by atoms with E-state index in [9.17, 15) is 0 Å². The lowest BCUT2D eigenvalue weighted by molar-refractivity contribution is 0.385. The van der Waals surface area contributed by atoms with Crippen LogP contribution in [-0.4, -0.2) is 0 Å². The third-order valence-corrected chi connectivity index (χ3v) is 4.19. The maximum Gasteiger partial charge on any atom is -0.0237 e. The highest BCUT2D eigenvalue weighted by Gasteiger charge is 2.06. The molecule has 0 aromatic heterocycles. The standard InChI is InChI=1S/C11H22.C7H14.C2H4.FH/c1-6-10(4)11(5)8-7-9(2)3;1-7-5-3-2-4-6-7;1-2;/h8-10H,6-7H2,1-5H3;7H,2-6H2,1H3;1-2H2;1H/b11-8+;;;. The molecular weight excluding hydrogens is 259 g/mol. The zero-order chi connectivity index (χ0) is 16.0. The highest BCUT2D eigenvalue weighted by atomic mass is 19.0. The van der Waals surface area contributed by atoms with Crippen LogP contribution in [0.3, 0.4) is 0 Å². The quantitative estimate of drug-likeness (QED) is 0.470. The van der Waals surface area contributed by atoms with Crippen LogP contribution < -0.4 is 0 Å². The summed E-state index contributed by atoms with van der Waals surface area (Å²) in [6.07, 6.45) is 12.3. The summed E-state index contributed by atoms with van der Waals surface area (Å²) in [5.74, 6) is 2.61. The van der Waals surface area contributed by atoms with E-state index < -0.39 is 0 Å². The minimum Gasteiger partial charge on any atom is -0.269 e. The first-order valence-electron chi connectivity index (χ1n) is 8.64. The van der Waals surface area contributed by atoms with Crippen LogP contribution >= 0.6 is 0 Å². The first-order valence-corrected chi connectivity index (χ1v) is 8.64. The Hall–Kier alpha value is -0.590. The van der Waals surface area contributed by atoms with Gasteiger partial charge in [0.05, 0.1) is 0 Å². The Morgan fingerprint density at radius 1 is 1.10 bits per heavy atom. The third kappa shape index (κ3) is 17.4. The van der Waals surface area contributed by atoms with Gasteiger partial charge in [0.1, 0.15) is 0 Å². The van der Waals surface area contributed by atoms with Crippen LogP contribution in [0.2, 0.25) is 0 Å². The molecule has 0 aromatic carbocycles. The molecule has 0 saturated heterocycles. The Labute approximate surface area is 134 Å². The topological polar surface area (TPSA) is 0 Å². The van der Waals surface area contributed by atoms with Gasteiger partial charge in [-0.25, -0.2) is 0 Å². The van der Waals surface area contributed by atoms with Crippen molar-refractivity contribution in [1.82, 2.24) is 0 Å². The minimum absolute atomic E-state index is 0. The molecule has 21 heavy (non-hydrogen) atoms. The van der Waals surface area contributed by atoms with E-state index in [1.165, 1.54) is 44.9 Å². The van der Waals surface area contributed by atoms with Gasteiger partial charge in [0.25, 0.3) is 0 Å². The molecule has 0 heterocycles. The van der Waals surface area contributed by atoms with E-state index in [2.05, 4.69) is 60.8 Å². The molecule has 0 nitrogen and oxygen atoms in total. The van der Waals surface area contributed by atoms with E-state index in [-0.39, 0.29) is 4.70 Å². The van der Waals surface area contributed by atoms with Gasteiger partial charge in [0, 0.05) is 0 Å². The molecule has 0 aliphatic heterocycles. The molecule has 0 radical (unpaired) electrons. The van der Waals surface area contributed by atoms with Crippen molar-refractivity contribution in [1.29, 1.82) is 0 Å². The summed E-state index contributed by atoms with van der Waals surface area (Å²) >= 11 is 0. The molecule has 0 N–H and O–H groups in total. The average molecular weight is 301 g/mol. The molecule has 128 valence electrons. The Bertz CT molecular complexity index is 224. The Balaban J connectivity index is -0.000000279. The number of halogens is 1. The molecule has 1 fully saturated rings.